The molecule has 0 spiro atoms. The predicted molar refractivity (Wildman–Crippen MR) is 249 cm³/mol. The Morgan fingerprint density at radius 3 is 1.57 bits per heavy atom. The second-order valence-corrected chi connectivity index (χ2v) is 18.1. The number of thioether (sulfide) groups is 1. The number of esters is 1. The smallest absolute Gasteiger partial charge is 0.412 e. The number of rotatable bonds is 20. The number of carbonyl (C=O) groups excluding carboxylic acids is 6. The summed E-state index contributed by atoms with van der Waals surface area (Å²) in [4.78, 5) is 78.1. The standard InChI is InChI=1S/C49H59N5O10S/c1-8-30-61-43(57)39(54-46(60)64-48(5,6)7)31-33-24-26-37(27-25-33)62-44(58)51-29-28-38(53-45(59)63-47(2,3)4)42(56)52-40(41(50)55)32-65-49(34-18-12-9-13-19-34,35-20-14-10-15-21-35)36-22-16-11-17-23-36/h8-27,38-40H,1,28-32H2,2-7H3,(H2,50,55)(H,51,58)(H,52,56)(H,53,59)(H,54,60)/t38-,39-,40-/m0/s1. The highest BCUT2D eigenvalue weighted by Gasteiger charge is 2.39. The van der Waals surface area contributed by atoms with Crippen molar-refractivity contribution in [1.29, 1.82) is 0 Å². The number of amides is 5. The molecule has 0 aliphatic heterocycles. The van der Waals surface area contributed by atoms with Gasteiger partial charge >= 0.3 is 24.2 Å². The van der Waals surface area contributed by atoms with E-state index in [0.29, 0.717) is 5.56 Å². The molecule has 346 valence electrons. The molecule has 4 aromatic carbocycles. The summed E-state index contributed by atoms with van der Waals surface area (Å²) >= 11 is 1.43. The fourth-order valence-electron chi connectivity index (χ4n) is 6.44. The fourth-order valence-corrected chi connectivity index (χ4v) is 8.01. The molecule has 15 nitrogen and oxygen atoms in total. The summed E-state index contributed by atoms with van der Waals surface area (Å²) in [6.07, 6.45) is -1.24. The monoisotopic (exact) mass is 909 g/mol. The lowest BCUT2D eigenvalue weighted by Crippen LogP contribution is -2.55. The lowest BCUT2D eigenvalue weighted by atomic mass is 9.84. The van der Waals surface area contributed by atoms with Crippen LogP contribution in [-0.2, 0) is 39.8 Å². The first-order valence-electron chi connectivity index (χ1n) is 21.0. The van der Waals surface area contributed by atoms with Gasteiger partial charge in [0.05, 0.1) is 4.75 Å². The van der Waals surface area contributed by atoms with Crippen LogP contribution >= 0.6 is 11.8 Å². The van der Waals surface area contributed by atoms with Crippen molar-refractivity contribution in [3.05, 3.63) is 150 Å². The van der Waals surface area contributed by atoms with Crippen molar-refractivity contribution < 1.29 is 47.7 Å². The largest absolute Gasteiger partial charge is 0.460 e. The van der Waals surface area contributed by atoms with E-state index in [2.05, 4.69) is 27.8 Å². The van der Waals surface area contributed by atoms with Crippen molar-refractivity contribution in [1.82, 2.24) is 21.3 Å². The van der Waals surface area contributed by atoms with E-state index in [1.807, 2.05) is 91.0 Å². The summed E-state index contributed by atoms with van der Waals surface area (Å²) in [6, 6.07) is 32.1. The molecule has 4 aromatic rings. The van der Waals surface area contributed by atoms with E-state index in [0.717, 1.165) is 16.7 Å². The molecule has 3 atom stereocenters. The average molecular weight is 910 g/mol. The van der Waals surface area contributed by atoms with Crippen LogP contribution in [0.4, 0.5) is 14.4 Å². The second-order valence-electron chi connectivity index (χ2n) is 16.8. The van der Waals surface area contributed by atoms with Gasteiger partial charge in [0, 0.05) is 18.7 Å². The highest BCUT2D eigenvalue weighted by molar-refractivity contribution is 8.00. The third kappa shape index (κ3) is 16.4. The molecule has 0 aromatic heterocycles. The van der Waals surface area contributed by atoms with Crippen LogP contribution in [0.1, 0.15) is 70.2 Å². The maximum atomic E-state index is 14.0. The molecule has 0 fully saturated rings. The summed E-state index contributed by atoms with van der Waals surface area (Å²) in [6.45, 7) is 13.4. The second kappa shape index (κ2) is 23.8. The Morgan fingerprint density at radius 2 is 1.12 bits per heavy atom. The van der Waals surface area contributed by atoms with E-state index < -0.39 is 70.1 Å². The van der Waals surface area contributed by atoms with Gasteiger partial charge in [0.15, 0.2) is 0 Å². The lowest BCUT2D eigenvalue weighted by molar-refractivity contribution is -0.144. The van der Waals surface area contributed by atoms with Crippen molar-refractivity contribution in [2.75, 3.05) is 18.9 Å². The number of nitrogens with two attached hydrogens (primary N) is 1. The van der Waals surface area contributed by atoms with Crippen LogP contribution in [0.25, 0.3) is 0 Å². The normalized spacial score (nSPS) is 12.8. The first-order valence-corrected chi connectivity index (χ1v) is 22.0. The van der Waals surface area contributed by atoms with Gasteiger partial charge in [-0.15, -0.1) is 11.8 Å². The molecule has 0 unspecified atom stereocenters. The maximum absolute atomic E-state index is 14.0. The molecule has 0 saturated heterocycles. The number of nitrogens with one attached hydrogen (secondary N) is 4. The van der Waals surface area contributed by atoms with Crippen molar-refractivity contribution in [2.45, 2.75) is 88.5 Å². The minimum atomic E-state index is -1.28. The first-order chi connectivity index (χ1) is 30.8. The van der Waals surface area contributed by atoms with Gasteiger partial charge in [-0.25, -0.2) is 19.2 Å². The predicted octanol–water partition coefficient (Wildman–Crippen LogP) is 6.92. The fraction of sp³-hybridized carbons (Fsp3) is 0.347. The van der Waals surface area contributed by atoms with Crippen LogP contribution in [0.5, 0.6) is 5.75 Å². The highest BCUT2D eigenvalue weighted by atomic mass is 32.2. The molecular formula is C49H59N5O10S. The lowest BCUT2D eigenvalue weighted by Gasteiger charge is -2.36. The number of benzene rings is 4. The number of alkyl carbamates (subject to hydrolysis) is 2. The zero-order chi connectivity index (χ0) is 47.6. The zero-order valence-corrected chi connectivity index (χ0v) is 38.4. The van der Waals surface area contributed by atoms with E-state index in [1.165, 1.54) is 30.0 Å². The third-order valence-corrected chi connectivity index (χ3v) is 10.9. The molecule has 0 bridgehead atoms. The number of carbonyl (C=O) groups is 6. The van der Waals surface area contributed by atoms with E-state index in [-0.39, 0.29) is 37.5 Å². The molecule has 65 heavy (non-hydrogen) atoms. The van der Waals surface area contributed by atoms with E-state index in [1.54, 1.807) is 53.7 Å². The molecule has 4 rings (SSSR count). The quantitative estimate of drug-likeness (QED) is 0.0266. The van der Waals surface area contributed by atoms with Crippen LogP contribution in [0.2, 0.25) is 0 Å². The summed E-state index contributed by atoms with van der Waals surface area (Å²) in [7, 11) is 0. The van der Waals surface area contributed by atoms with Crippen LogP contribution in [0, 0.1) is 0 Å². The Bertz CT molecular complexity index is 2120. The summed E-state index contributed by atoms with van der Waals surface area (Å²) in [5, 5.41) is 10.4. The van der Waals surface area contributed by atoms with Crippen LogP contribution in [0.3, 0.4) is 0 Å². The van der Waals surface area contributed by atoms with E-state index >= 15 is 0 Å². The Kier molecular flexibility index (Phi) is 18.6. The van der Waals surface area contributed by atoms with Crippen molar-refractivity contribution in [3.8, 4) is 5.75 Å². The number of ether oxygens (including phenoxy) is 4. The Balaban J connectivity index is 1.45. The topological polar surface area (TPSA) is 213 Å². The Labute approximate surface area is 384 Å². The molecule has 16 heteroatoms. The van der Waals surface area contributed by atoms with Gasteiger partial charge in [0.1, 0.15) is 41.7 Å². The molecule has 5 amide bonds. The van der Waals surface area contributed by atoms with Crippen LogP contribution < -0.4 is 31.7 Å². The van der Waals surface area contributed by atoms with Gasteiger partial charge in [-0.05, 0) is 82.3 Å². The summed E-state index contributed by atoms with van der Waals surface area (Å²) in [5.74, 6) is -2.02. The minimum Gasteiger partial charge on any atom is -0.460 e. The highest BCUT2D eigenvalue weighted by Crippen LogP contribution is 2.48. The molecule has 0 heterocycles. The molecule has 0 aliphatic rings. The molecule has 0 radical (unpaired) electrons. The van der Waals surface area contributed by atoms with Gasteiger partial charge in [-0.1, -0.05) is 116 Å². The number of primary amides is 1. The molecule has 0 saturated carbocycles. The number of hydrogen-bond acceptors (Lipinski definition) is 11. The first kappa shape index (κ1) is 50.8. The minimum absolute atomic E-state index is 0.0407. The van der Waals surface area contributed by atoms with Gasteiger partial charge in [-0.3, -0.25) is 9.59 Å². The third-order valence-electron chi connectivity index (χ3n) is 9.27. The zero-order valence-electron chi connectivity index (χ0n) is 37.6. The van der Waals surface area contributed by atoms with Crippen molar-refractivity contribution in [2.24, 2.45) is 5.73 Å². The molecular weight excluding hydrogens is 851 g/mol. The Morgan fingerprint density at radius 1 is 0.646 bits per heavy atom. The summed E-state index contributed by atoms with van der Waals surface area (Å²) in [5.41, 5.74) is 7.68. The SMILES string of the molecule is C=CCOC(=O)[C@H](Cc1ccc(OC(=O)NCC[C@H](NC(=O)OC(C)(C)C)C(=O)N[C@@H](CSC(c2ccccc2)(c2ccccc2)c2ccccc2)C(N)=O)cc1)NC(=O)OC(C)(C)C. The summed E-state index contributed by atoms with van der Waals surface area (Å²) < 4.78 is 20.5. The van der Waals surface area contributed by atoms with Gasteiger partial charge in [0.25, 0.3) is 0 Å². The van der Waals surface area contributed by atoms with Crippen molar-refractivity contribution >= 4 is 47.8 Å². The maximum Gasteiger partial charge on any atom is 0.412 e. The van der Waals surface area contributed by atoms with Crippen molar-refractivity contribution in [3.63, 3.8) is 0 Å². The number of hydrogen-bond donors (Lipinski definition) is 5. The Hall–Kier alpha value is -6.81. The van der Waals surface area contributed by atoms with Gasteiger partial charge < -0.3 is 45.9 Å². The molecule has 6 N–H and O–H groups in total. The van der Waals surface area contributed by atoms with Gasteiger partial charge in [0.2, 0.25) is 11.8 Å². The van der Waals surface area contributed by atoms with Crippen LogP contribution in [0.15, 0.2) is 128 Å². The van der Waals surface area contributed by atoms with Crippen LogP contribution in [-0.4, -0.2) is 84.3 Å². The molecule has 0 aliphatic carbocycles. The van der Waals surface area contributed by atoms with E-state index in [9.17, 15) is 28.8 Å². The average Bonchev–Trinajstić information content (AvgIpc) is 3.25. The van der Waals surface area contributed by atoms with Gasteiger partial charge in [-0.2, -0.15) is 0 Å². The van der Waals surface area contributed by atoms with E-state index in [4.69, 9.17) is 24.7 Å².